The molecule has 1 fully saturated rings. The number of hydrogen-bond donors (Lipinski definition) is 3. The second-order valence-electron chi connectivity index (χ2n) is 4.85. The number of carbonyl (C=O) groups is 1. The Bertz CT molecular complexity index is 393. The van der Waals surface area contributed by atoms with E-state index in [-0.39, 0.29) is 11.3 Å². The molecule has 94 valence electrons. The van der Waals surface area contributed by atoms with Crippen LogP contribution in [0.2, 0.25) is 0 Å². The second-order valence-corrected chi connectivity index (χ2v) is 4.85. The molecule has 3 N–H and O–H groups in total. The third-order valence-electron chi connectivity index (χ3n) is 3.40. The van der Waals surface area contributed by atoms with Crippen LogP contribution in [0.25, 0.3) is 0 Å². The van der Waals surface area contributed by atoms with Crippen LogP contribution in [0.1, 0.15) is 31.9 Å². The van der Waals surface area contributed by atoms with Crippen LogP contribution in [0, 0.1) is 12.3 Å². The van der Waals surface area contributed by atoms with E-state index < -0.39 is 0 Å². The van der Waals surface area contributed by atoms with Crippen LogP contribution in [0.5, 0.6) is 0 Å². The molecule has 5 nitrogen and oxygen atoms in total. The van der Waals surface area contributed by atoms with E-state index in [2.05, 4.69) is 27.8 Å². The molecule has 0 aliphatic carbocycles. The summed E-state index contributed by atoms with van der Waals surface area (Å²) in [5, 5.41) is 13.1. The predicted molar refractivity (Wildman–Crippen MR) is 66.8 cm³/mol. The van der Waals surface area contributed by atoms with E-state index in [1.54, 1.807) is 0 Å². The third kappa shape index (κ3) is 2.49. The first kappa shape index (κ1) is 12.1. The van der Waals surface area contributed by atoms with Crippen molar-refractivity contribution in [2.75, 3.05) is 18.4 Å². The molecule has 0 saturated carbocycles. The normalized spacial score (nSPS) is 23.9. The van der Waals surface area contributed by atoms with Gasteiger partial charge in [-0.3, -0.25) is 9.89 Å². The first-order valence-electron chi connectivity index (χ1n) is 6.20. The van der Waals surface area contributed by atoms with Gasteiger partial charge in [0.1, 0.15) is 0 Å². The van der Waals surface area contributed by atoms with Crippen LogP contribution in [0.15, 0.2) is 6.07 Å². The SMILES string of the molecule is CCCC1(C(=O)Nc2cc(C)[nH]n2)CCNC1. The number of aromatic amines is 1. The smallest absolute Gasteiger partial charge is 0.233 e. The lowest BCUT2D eigenvalue weighted by Gasteiger charge is -2.25. The van der Waals surface area contributed by atoms with E-state index in [9.17, 15) is 4.79 Å². The summed E-state index contributed by atoms with van der Waals surface area (Å²) in [6.45, 7) is 5.73. The largest absolute Gasteiger partial charge is 0.316 e. The van der Waals surface area contributed by atoms with Gasteiger partial charge in [-0.1, -0.05) is 13.3 Å². The highest BCUT2D eigenvalue weighted by atomic mass is 16.2. The molecule has 0 radical (unpaired) electrons. The van der Waals surface area contributed by atoms with E-state index in [0.717, 1.165) is 38.0 Å². The van der Waals surface area contributed by atoms with Crippen molar-refractivity contribution in [3.8, 4) is 0 Å². The monoisotopic (exact) mass is 236 g/mol. The Kier molecular flexibility index (Phi) is 3.47. The minimum atomic E-state index is -0.248. The number of anilines is 1. The van der Waals surface area contributed by atoms with Crippen LogP contribution < -0.4 is 10.6 Å². The van der Waals surface area contributed by atoms with E-state index in [1.807, 2.05) is 13.0 Å². The summed E-state index contributed by atoms with van der Waals surface area (Å²) >= 11 is 0. The third-order valence-corrected chi connectivity index (χ3v) is 3.40. The average molecular weight is 236 g/mol. The van der Waals surface area contributed by atoms with E-state index in [1.165, 1.54) is 0 Å². The summed E-state index contributed by atoms with van der Waals surface area (Å²) < 4.78 is 0. The molecule has 5 heteroatoms. The number of amides is 1. The molecule has 1 aromatic heterocycles. The van der Waals surface area contributed by atoms with Crippen molar-refractivity contribution in [1.82, 2.24) is 15.5 Å². The Hall–Kier alpha value is -1.36. The van der Waals surface area contributed by atoms with Gasteiger partial charge in [0.05, 0.1) is 5.41 Å². The van der Waals surface area contributed by atoms with Gasteiger partial charge in [-0.2, -0.15) is 5.10 Å². The van der Waals surface area contributed by atoms with E-state index in [0.29, 0.717) is 5.82 Å². The number of rotatable bonds is 4. The zero-order valence-corrected chi connectivity index (χ0v) is 10.5. The van der Waals surface area contributed by atoms with Crippen LogP contribution in [0.3, 0.4) is 0 Å². The molecule has 0 bridgehead atoms. The van der Waals surface area contributed by atoms with Crippen LogP contribution in [0.4, 0.5) is 5.82 Å². The molecule has 1 saturated heterocycles. The standard InChI is InChI=1S/C12H20N4O/c1-3-4-12(5-6-13-8-12)11(17)14-10-7-9(2)15-16-10/h7,13H,3-6,8H2,1-2H3,(H2,14,15,16,17). The van der Waals surface area contributed by atoms with Crippen molar-refractivity contribution in [2.45, 2.75) is 33.1 Å². The molecule has 2 rings (SSSR count). The summed E-state index contributed by atoms with van der Waals surface area (Å²) in [5.41, 5.74) is 0.705. The van der Waals surface area contributed by atoms with Crippen molar-refractivity contribution in [3.63, 3.8) is 0 Å². The fourth-order valence-electron chi connectivity index (χ4n) is 2.47. The average Bonchev–Trinajstić information content (AvgIpc) is 2.89. The molecule has 1 aromatic rings. The first-order chi connectivity index (χ1) is 8.16. The first-order valence-corrected chi connectivity index (χ1v) is 6.20. The number of nitrogens with one attached hydrogen (secondary N) is 3. The Morgan fingerprint density at radius 1 is 1.65 bits per heavy atom. The Morgan fingerprint density at radius 2 is 2.47 bits per heavy atom. The number of aromatic nitrogens is 2. The van der Waals surface area contributed by atoms with Gasteiger partial charge in [0.25, 0.3) is 0 Å². The molecule has 1 unspecified atom stereocenters. The lowest BCUT2D eigenvalue weighted by molar-refractivity contribution is -0.125. The lowest BCUT2D eigenvalue weighted by atomic mass is 9.81. The minimum absolute atomic E-state index is 0.0934. The van der Waals surface area contributed by atoms with Crippen molar-refractivity contribution in [1.29, 1.82) is 0 Å². The van der Waals surface area contributed by atoms with Gasteiger partial charge in [-0.25, -0.2) is 0 Å². The maximum Gasteiger partial charge on any atom is 0.233 e. The number of aryl methyl sites for hydroxylation is 1. The predicted octanol–water partition coefficient (Wildman–Crippen LogP) is 1.44. The van der Waals surface area contributed by atoms with Gasteiger partial charge in [-0.15, -0.1) is 0 Å². The molecule has 1 aliphatic heterocycles. The van der Waals surface area contributed by atoms with Gasteiger partial charge in [-0.05, 0) is 26.3 Å². The summed E-state index contributed by atoms with van der Waals surface area (Å²) in [4.78, 5) is 12.3. The second kappa shape index (κ2) is 4.87. The highest BCUT2D eigenvalue weighted by Crippen LogP contribution is 2.32. The molecular weight excluding hydrogens is 216 g/mol. The van der Waals surface area contributed by atoms with Gasteiger partial charge in [0, 0.05) is 18.3 Å². The highest BCUT2D eigenvalue weighted by molar-refractivity contribution is 5.95. The van der Waals surface area contributed by atoms with Crippen molar-refractivity contribution in [2.24, 2.45) is 5.41 Å². The maximum atomic E-state index is 12.3. The Morgan fingerprint density at radius 3 is 3.00 bits per heavy atom. The highest BCUT2D eigenvalue weighted by Gasteiger charge is 2.40. The molecule has 2 heterocycles. The van der Waals surface area contributed by atoms with Crippen molar-refractivity contribution < 1.29 is 4.79 Å². The number of carbonyl (C=O) groups excluding carboxylic acids is 1. The molecular formula is C12H20N4O. The van der Waals surface area contributed by atoms with Crippen LogP contribution >= 0.6 is 0 Å². The van der Waals surface area contributed by atoms with Crippen molar-refractivity contribution in [3.05, 3.63) is 11.8 Å². The molecule has 1 aliphatic rings. The number of nitrogens with zero attached hydrogens (tertiary/aromatic N) is 1. The van der Waals surface area contributed by atoms with E-state index in [4.69, 9.17) is 0 Å². The van der Waals surface area contributed by atoms with Crippen molar-refractivity contribution >= 4 is 11.7 Å². The fourth-order valence-corrected chi connectivity index (χ4v) is 2.47. The van der Waals surface area contributed by atoms with Gasteiger partial charge < -0.3 is 10.6 Å². The molecule has 0 spiro atoms. The molecule has 1 amide bonds. The van der Waals surface area contributed by atoms with Gasteiger partial charge >= 0.3 is 0 Å². The topological polar surface area (TPSA) is 69.8 Å². The van der Waals surface area contributed by atoms with E-state index >= 15 is 0 Å². The minimum Gasteiger partial charge on any atom is -0.316 e. The van der Waals surface area contributed by atoms with Crippen LogP contribution in [-0.2, 0) is 4.79 Å². The quantitative estimate of drug-likeness (QED) is 0.740. The zero-order valence-electron chi connectivity index (χ0n) is 10.5. The van der Waals surface area contributed by atoms with Crippen LogP contribution in [-0.4, -0.2) is 29.2 Å². The van der Waals surface area contributed by atoms with Gasteiger partial charge in [0.15, 0.2) is 5.82 Å². The number of H-pyrrole nitrogens is 1. The van der Waals surface area contributed by atoms with Gasteiger partial charge in [0.2, 0.25) is 5.91 Å². The number of hydrogen-bond acceptors (Lipinski definition) is 3. The lowest BCUT2D eigenvalue weighted by Crippen LogP contribution is -2.38. The molecule has 17 heavy (non-hydrogen) atoms. The maximum absolute atomic E-state index is 12.3. The summed E-state index contributed by atoms with van der Waals surface area (Å²) in [5.74, 6) is 0.714. The molecule has 1 atom stereocenters. The fraction of sp³-hybridized carbons (Fsp3) is 0.667. The summed E-state index contributed by atoms with van der Waals surface area (Å²) in [6.07, 6.45) is 2.86. The Labute approximate surface area is 101 Å². The zero-order chi connectivity index (χ0) is 12.3. The molecule has 0 aromatic carbocycles. The summed E-state index contributed by atoms with van der Waals surface area (Å²) in [7, 11) is 0. The Balaban J connectivity index is 2.06. The summed E-state index contributed by atoms with van der Waals surface area (Å²) in [6, 6.07) is 1.85.